The number of pyridine rings is 1. The highest BCUT2D eigenvalue weighted by Crippen LogP contribution is 2.19. The van der Waals surface area contributed by atoms with Crippen LogP contribution in [0.2, 0.25) is 0 Å². The summed E-state index contributed by atoms with van der Waals surface area (Å²) in [5.41, 5.74) is 0.629. The van der Waals surface area contributed by atoms with E-state index in [1.165, 1.54) is 0 Å². The number of rotatable bonds is 3. The molecule has 0 saturated carbocycles. The fourth-order valence-corrected chi connectivity index (χ4v) is 2.13. The van der Waals surface area contributed by atoms with E-state index < -0.39 is 17.5 Å². The minimum Gasteiger partial charge on any atom is -0.319 e. The number of fused-ring (bicyclic) bond motifs is 1. The molecule has 1 N–H and O–H groups in total. The second kappa shape index (κ2) is 5.75. The van der Waals surface area contributed by atoms with Crippen LogP contribution in [0.25, 0.3) is 5.65 Å². The molecule has 23 heavy (non-hydrogen) atoms. The number of carbonyl (C=O) groups is 1. The molecule has 2 aromatic heterocycles. The Hall–Kier alpha value is -2.83. The highest BCUT2D eigenvalue weighted by atomic mass is 19.1. The first-order valence-corrected chi connectivity index (χ1v) is 7.07. The van der Waals surface area contributed by atoms with Crippen LogP contribution in [0, 0.1) is 11.6 Å². The summed E-state index contributed by atoms with van der Waals surface area (Å²) >= 11 is 0. The number of nitrogens with one attached hydrogen (secondary N) is 1. The maximum Gasteiger partial charge on any atom is 0.258 e. The van der Waals surface area contributed by atoms with Crippen LogP contribution in [0.5, 0.6) is 0 Å². The van der Waals surface area contributed by atoms with Gasteiger partial charge in [0, 0.05) is 18.2 Å². The number of amides is 1. The van der Waals surface area contributed by atoms with Gasteiger partial charge in [-0.3, -0.25) is 4.79 Å². The zero-order valence-corrected chi connectivity index (χ0v) is 12.5. The highest BCUT2D eigenvalue weighted by molar-refractivity contribution is 6.06. The SMILES string of the molecule is CC(C)c1nc2c(NC(=O)c3ccc(F)cc3F)cccn2n1. The lowest BCUT2D eigenvalue weighted by Crippen LogP contribution is -2.14. The number of anilines is 1. The van der Waals surface area contributed by atoms with E-state index in [0.717, 1.165) is 12.1 Å². The van der Waals surface area contributed by atoms with Gasteiger partial charge in [-0.25, -0.2) is 18.3 Å². The Labute approximate surface area is 131 Å². The first-order chi connectivity index (χ1) is 11.0. The molecule has 0 atom stereocenters. The van der Waals surface area contributed by atoms with Gasteiger partial charge in [-0.1, -0.05) is 13.8 Å². The smallest absolute Gasteiger partial charge is 0.258 e. The number of carbonyl (C=O) groups excluding carboxylic acids is 1. The van der Waals surface area contributed by atoms with Gasteiger partial charge in [0.15, 0.2) is 11.5 Å². The molecule has 7 heteroatoms. The van der Waals surface area contributed by atoms with E-state index in [1.54, 1.807) is 22.8 Å². The quantitative estimate of drug-likeness (QED) is 0.806. The Morgan fingerprint density at radius 3 is 2.74 bits per heavy atom. The Morgan fingerprint density at radius 2 is 2.04 bits per heavy atom. The summed E-state index contributed by atoms with van der Waals surface area (Å²) in [7, 11) is 0. The molecule has 3 aromatic rings. The van der Waals surface area contributed by atoms with Gasteiger partial charge in [0.1, 0.15) is 11.6 Å². The Kier molecular flexibility index (Phi) is 3.77. The molecule has 0 fully saturated rings. The van der Waals surface area contributed by atoms with Gasteiger partial charge in [-0.2, -0.15) is 5.10 Å². The standard InChI is InChI=1S/C16H14F2N4O/c1-9(2)14-20-15-13(4-3-7-22(15)21-14)19-16(23)11-6-5-10(17)8-12(11)18/h3-9H,1-2H3,(H,19,23). The second-order valence-corrected chi connectivity index (χ2v) is 5.39. The fraction of sp³-hybridized carbons (Fsp3) is 0.188. The van der Waals surface area contributed by atoms with Crippen LogP contribution >= 0.6 is 0 Å². The van der Waals surface area contributed by atoms with Crippen molar-refractivity contribution in [2.24, 2.45) is 0 Å². The Balaban J connectivity index is 1.96. The van der Waals surface area contributed by atoms with Crippen LogP contribution in [0.4, 0.5) is 14.5 Å². The number of hydrogen-bond donors (Lipinski definition) is 1. The van der Waals surface area contributed by atoms with Crippen molar-refractivity contribution in [3.8, 4) is 0 Å². The van der Waals surface area contributed by atoms with Gasteiger partial charge >= 0.3 is 0 Å². The summed E-state index contributed by atoms with van der Waals surface area (Å²) in [4.78, 5) is 16.6. The van der Waals surface area contributed by atoms with E-state index in [2.05, 4.69) is 15.4 Å². The van der Waals surface area contributed by atoms with Crippen LogP contribution in [0.3, 0.4) is 0 Å². The maximum atomic E-state index is 13.7. The molecular weight excluding hydrogens is 302 g/mol. The number of hydrogen-bond acceptors (Lipinski definition) is 3. The number of halogens is 2. The Morgan fingerprint density at radius 1 is 1.26 bits per heavy atom. The Bertz CT molecular complexity index is 889. The third-order valence-electron chi connectivity index (χ3n) is 3.32. The van der Waals surface area contributed by atoms with Crippen molar-refractivity contribution < 1.29 is 13.6 Å². The molecule has 5 nitrogen and oxygen atoms in total. The molecule has 0 radical (unpaired) electrons. The van der Waals surface area contributed by atoms with Crippen molar-refractivity contribution in [1.29, 1.82) is 0 Å². The van der Waals surface area contributed by atoms with E-state index in [4.69, 9.17) is 0 Å². The van der Waals surface area contributed by atoms with Crippen LogP contribution in [0.15, 0.2) is 36.5 Å². The summed E-state index contributed by atoms with van der Waals surface area (Å²) in [6.45, 7) is 3.92. The van der Waals surface area contributed by atoms with Gasteiger partial charge in [0.25, 0.3) is 5.91 Å². The summed E-state index contributed by atoms with van der Waals surface area (Å²) < 4.78 is 28.2. The molecule has 0 aliphatic carbocycles. The van der Waals surface area contributed by atoms with E-state index in [9.17, 15) is 13.6 Å². The fourth-order valence-electron chi connectivity index (χ4n) is 2.13. The summed E-state index contributed by atoms with van der Waals surface area (Å²) in [5.74, 6) is -1.56. The van der Waals surface area contributed by atoms with E-state index in [0.29, 0.717) is 23.2 Å². The average molecular weight is 316 g/mol. The minimum atomic E-state index is -0.918. The van der Waals surface area contributed by atoms with Gasteiger partial charge in [-0.05, 0) is 24.3 Å². The summed E-state index contributed by atoms with van der Waals surface area (Å²) in [6, 6.07) is 6.15. The van der Waals surface area contributed by atoms with E-state index >= 15 is 0 Å². The predicted molar refractivity (Wildman–Crippen MR) is 81.4 cm³/mol. The molecule has 0 aliphatic heterocycles. The molecule has 0 bridgehead atoms. The van der Waals surface area contributed by atoms with Gasteiger partial charge in [-0.15, -0.1) is 0 Å². The van der Waals surface area contributed by atoms with Crippen molar-refractivity contribution in [2.75, 3.05) is 5.32 Å². The van der Waals surface area contributed by atoms with Crippen molar-refractivity contribution in [3.05, 3.63) is 59.6 Å². The molecule has 3 rings (SSSR count). The number of aromatic nitrogens is 3. The maximum absolute atomic E-state index is 13.7. The third-order valence-corrected chi connectivity index (χ3v) is 3.32. The molecule has 2 heterocycles. The van der Waals surface area contributed by atoms with E-state index in [-0.39, 0.29) is 11.5 Å². The summed E-state index contributed by atoms with van der Waals surface area (Å²) in [5, 5.41) is 6.90. The van der Waals surface area contributed by atoms with Crippen molar-refractivity contribution >= 4 is 17.2 Å². The van der Waals surface area contributed by atoms with Gasteiger partial charge in [0.2, 0.25) is 0 Å². The predicted octanol–water partition coefficient (Wildman–Crippen LogP) is 3.38. The van der Waals surface area contributed by atoms with Crippen molar-refractivity contribution in [3.63, 3.8) is 0 Å². The zero-order chi connectivity index (χ0) is 16.6. The number of benzene rings is 1. The zero-order valence-electron chi connectivity index (χ0n) is 12.5. The summed E-state index contributed by atoms with van der Waals surface area (Å²) in [6.07, 6.45) is 1.71. The molecular formula is C16H14F2N4O. The minimum absolute atomic E-state index is 0.132. The van der Waals surface area contributed by atoms with Crippen LogP contribution < -0.4 is 5.32 Å². The van der Waals surface area contributed by atoms with Gasteiger partial charge in [0.05, 0.1) is 11.3 Å². The highest BCUT2D eigenvalue weighted by Gasteiger charge is 2.16. The first kappa shape index (κ1) is 15.1. The average Bonchev–Trinajstić information content (AvgIpc) is 2.92. The molecule has 0 spiro atoms. The monoisotopic (exact) mass is 316 g/mol. The molecule has 0 unspecified atom stereocenters. The lowest BCUT2D eigenvalue weighted by Gasteiger charge is -2.06. The number of nitrogens with zero attached hydrogens (tertiary/aromatic N) is 3. The van der Waals surface area contributed by atoms with E-state index in [1.807, 2.05) is 13.8 Å². The first-order valence-electron chi connectivity index (χ1n) is 7.07. The molecule has 0 aliphatic rings. The lowest BCUT2D eigenvalue weighted by atomic mass is 10.2. The third kappa shape index (κ3) is 2.90. The van der Waals surface area contributed by atoms with Gasteiger partial charge < -0.3 is 5.32 Å². The lowest BCUT2D eigenvalue weighted by molar-refractivity contribution is 0.102. The van der Waals surface area contributed by atoms with Crippen LogP contribution in [-0.2, 0) is 0 Å². The van der Waals surface area contributed by atoms with Crippen LogP contribution in [-0.4, -0.2) is 20.5 Å². The van der Waals surface area contributed by atoms with Crippen molar-refractivity contribution in [1.82, 2.24) is 14.6 Å². The molecule has 1 aromatic carbocycles. The van der Waals surface area contributed by atoms with Crippen LogP contribution in [0.1, 0.15) is 35.9 Å². The molecule has 118 valence electrons. The normalized spacial score (nSPS) is 11.2. The van der Waals surface area contributed by atoms with Crippen molar-refractivity contribution in [2.45, 2.75) is 19.8 Å². The largest absolute Gasteiger partial charge is 0.319 e. The second-order valence-electron chi connectivity index (χ2n) is 5.39. The topological polar surface area (TPSA) is 59.3 Å². The molecule has 1 amide bonds. The molecule has 0 saturated heterocycles.